The number of hydrogen-bond acceptors (Lipinski definition) is 5. The van der Waals surface area contributed by atoms with Crippen molar-refractivity contribution in [1.82, 2.24) is 25.1 Å². The van der Waals surface area contributed by atoms with Gasteiger partial charge in [0.15, 0.2) is 11.0 Å². The highest BCUT2D eigenvalue weighted by atomic mass is 35.5. The van der Waals surface area contributed by atoms with E-state index in [4.69, 9.17) is 11.6 Å². The predicted octanol–water partition coefficient (Wildman–Crippen LogP) is 4.63. The lowest BCUT2D eigenvalue weighted by molar-refractivity contribution is -0.118. The number of benzene rings is 1. The highest BCUT2D eigenvalue weighted by molar-refractivity contribution is 7.99. The summed E-state index contributed by atoms with van der Waals surface area (Å²) >= 11 is 7.40. The Morgan fingerprint density at radius 1 is 1.10 bits per heavy atom. The zero-order valence-corrected chi connectivity index (χ0v) is 18.3. The van der Waals surface area contributed by atoms with E-state index < -0.39 is 0 Å². The molecule has 0 fully saturated rings. The van der Waals surface area contributed by atoms with E-state index in [2.05, 4.69) is 41.3 Å². The lowest BCUT2D eigenvalue weighted by Crippen LogP contribution is -2.28. The first-order valence-electron chi connectivity index (χ1n) is 9.35. The minimum atomic E-state index is -0.0182. The molecule has 6 nitrogen and oxygen atoms in total. The van der Waals surface area contributed by atoms with E-state index in [9.17, 15) is 4.79 Å². The van der Waals surface area contributed by atoms with E-state index in [0.29, 0.717) is 22.5 Å². The molecule has 1 aromatic carbocycles. The van der Waals surface area contributed by atoms with Gasteiger partial charge < -0.3 is 5.32 Å². The second-order valence-electron chi connectivity index (χ2n) is 7.80. The van der Waals surface area contributed by atoms with Gasteiger partial charge in [-0.2, -0.15) is 0 Å². The molecule has 0 atom stereocenters. The largest absolute Gasteiger partial charge is 0.355 e. The van der Waals surface area contributed by atoms with Gasteiger partial charge in [0.1, 0.15) is 0 Å². The van der Waals surface area contributed by atoms with Gasteiger partial charge >= 0.3 is 0 Å². The molecule has 0 aliphatic carbocycles. The Labute approximate surface area is 180 Å². The molecular formula is C21H24ClN5OS. The fraction of sp³-hybridized carbons (Fsp3) is 0.333. The van der Waals surface area contributed by atoms with Gasteiger partial charge in [0.25, 0.3) is 0 Å². The van der Waals surface area contributed by atoms with Crippen molar-refractivity contribution in [2.45, 2.75) is 32.3 Å². The first kappa shape index (κ1) is 21.3. The molecule has 0 spiro atoms. The van der Waals surface area contributed by atoms with Crippen LogP contribution in [0.5, 0.6) is 0 Å². The summed E-state index contributed by atoms with van der Waals surface area (Å²) in [6, 6.07) is 11.2. The third kappa shape index (κ3) is 6.05. The van der Waals surface area contributed by atoms with Gasteiger partial charge in [-0.25, -0.2) is 0 Å². The third-order valence-electron chi connectivity index (χ3n) is 4.19. The Bertz CT molecular complexity index is 951. The van der Waals surface area contributed by atoms with E-state index in [-0.39, 0.29) is 17.1 Å². The lowest BCUT2D eigenvalue weighted by atomic mass is 9.92. The number of halogens is 1. The monoisotopic (exact) mass is 429 g/mol. The predicted molar refractivity (Wildman–Crippen MR) is 117 cm³/mol. The van der Waals surface area contributed by atoms with E-state index in [1.807, 2.05) is 41.0 Å². The van der Waals surface area contributed by atoms with Crippen LogP contribution in [0.1, 0.15) is 27.2 Å². The first-order chi connectivity index (χ1) is 13.8. The van der Waals surface area contributed by atoms with Crippen molar-refractivity contribution in [3.05, 3.63) is 53.8 Å². The number of hydrogen-bond donors (Lipinski definition) is 1. The number of rotatable bonds is 7. The van der Waals surface area contributed by atoms with Gasteiger partial charge in [-0.1, -0.05) is 44.1 Å². The number of nitrogens with one attached hydrogen (secondary N) is 1. The van der Waals surface area contributed by atoms with Crippen LogP contribution < -0.4 is 5.32 Å². The van der Waals surface area contributed by atoms with Gasteiger partial charge in [-0.15, -0.1) is 10.2 Å². The third-order valence-corrected chi connectivity index (χ3v) is 5.37. The van der Waals surface area contributed by atoms with Gasteiger partial charge in [0, 0.05) is 35.2 Å². The van der Waals surface area contributed by atoms with E-state index in [0.717, 1.165) is 17.7 Å². The molecule has 3 aromatic rings. The molecule has 3 rings (SSSR count). The van der Waals surface area contributed by atoms with Crippen molar-refractivity contribution in [3.63, 3.8) is 0 Å². The van der Waals surface area contributed by atoms with Crippen molar-refractivity contribution in [3.8, 4) is 17.1 Å². The first-order valence-corrected chi connectivity index (χ1v) is 10.7. The Morgan fingerprint density at radius 3 is 2.45 bits per heavy atom. The van der Waals surface area contributed by atoms with Crippen LogP contribution in [0.25, 0.3) is 17.1 Å². The molecule has 29 heavy (non-hydrogen) atoms. The SMILES string of the molecule is CC(C)(C)CCNC(=O)CSc1nnc(-c2ccncc2)n1-c1ccc(Cl)cc1. The maximum absolute atomic E-state index is 12.3. The molecule has 1 N–H and O–H groups in total. The maximum atomic E-state index is 12.3. The Morgan fingerprint density at radius 2 is 1.79 bits per heavy atom. The van der Waals surface area contributed by atoms with Gasteiger partial charge in [-0.05, 0) is 48.2 Å². The van der Waals surface area contributed by atoms with Crippen molar-refractivity contribution in [1.29, 1.82) is 0 Å². The van der Waals surface area contributed by atoms with Crippen molar-refractivity contribution >= 4 is 29.3 Å². The van der Waals surface area contributed by atoms with Crippen LogP contribution in [0, 0.1) is 5.41 Å². The summed E-state index contributed by atoms with van der Waals surface area (Å²) in [4.78, 5) is 16.3. The maximum Gasteiger partial charge on any atom is 0.230 e. The van der Waals surface area contributed by atoms with Crippen LogP contribution in [0.4, 0.5) is 0 Å². The number of thioether (sulfide) groups is 1. The van der Waals surface area contributed by atoms with E-state index >= 15 is 0 Å². The molecule has 0 saturated carbocycles. The molecule has 0 radical (unpaired) electrons. The number of carbonyl (C=O) groups is 1. The van der Waals surface area contributed by atoms with Crippen LogP contribution in [0.15, 0.2) is 53.9 Å². The van der Waals surface area contributed by atoms with E-state index in [1.54, 1.807) is 12.4 Å². The number of amides is 1. The molecule has 2 heterocycles. The average molecular weight is 430 g/mol. The van der Waals surface area contributed by atoms with Crippen LogP contribution in [0.3, 0.4) is 0 Å². The second kappa shape index (κ2) is 9.41. The molecule has 0 unspecified atom stereocenters. The van der Waals surface area contributed by atoms with Crippen LogP contribution in [0.2, 0.25) is 5.02 Å². The number of carbonyl (C=O) groups excluding carboxylic acids is 1. The van der Waals surface area contributed by atoms with Crippen LogP contribution >= 0.6 is 23.4 Å². The number of pyridine rings is 1. The van der Waals surface area contributed by atoms with Crippen molar-refractivity contribution in [2.24, 2.45) is 5.41 Å². The molecule has 0 aliphatic heterocycles. The normalized spacial score (nSPS) is 11.4. The smallest absolute Gasteiger partial charge is 0.230 e. The quantitative estimate of drug-likeness (QED) is 0.554. The zero-order valence-electron chi connectivity index (χ0n) is 16.7. The van der Waals surface area contributed by atoms with Crippen molar-refractivity contribution in [2.75, 3.05) is 12.3 Å². The minimum Gasteiger partial charge on any atom is -0.355 e. The second-order valence-corrected chi connectivity index (χ2v) is 9.18. The van der Waals surface area contributed by atoms with Gasteiger partial charge in [0.2, 0.25) is 5.91 Å². The molecule has 152 valence electrons. The summed E-state index contributed by atoms with van der Waals surface area (Å²) in [7, 11) is 0. The minimum absolute atomic E-state index is 0.0182. The lowest BCUT2D eigenvalue weighted by Gasteiger charge is -2.17. The summed E-state index contributed by atoms with van der Waals surface area (Å²) in [5, 5.41) is 13.0. The number of nitrogens with zero attached hydrogens (tertiary/aromatic N) is 4. The number of aromatic nitrogens is 4. The molecule has 8 heteroatoms. The molecule has 0 saturated heterocycles. The molecule has 2 aromatic heterocycles. The summed E-state index contributed by atoms with van der Waals surface area (Å²) < 4.78 is 1.93. The Hall–Kier alpha value is -2.38. The average Bonchev–Trinajstić information content (AvgIpc) is 3.10. The zero-order chi connectivity index (χ0) is 20.9. The molecule has 0 bridgehead atoms. The summed E-state index contributed by atoms with van der Waals surface area (Å²) in [6.45, 7) is 7.13. The fourth-order valence-electron chi connectivity index (χ4n) is 2.63. The summed E-state index contributed by atoms with van der Waals surface area (Å²) in [6.07, 6.45) is 4.36. The molecular weight excluding hydrogens is 406 g/mol. The fourth-order valence-corrected chi connectivity index (χ4v) is 3.54. The highest BCUT2D eigenvalue weighted by Gasteiger charge is 2.17. The van der Waals surface area contributed by atoms with E-state index in [1.165, 1.54) is 11.8 Å². The Balaban J connectivity index is 1.79. The Kier molecular flexibility index (Phi) is 6.92. The van der Waals surface area contributed by atoms with Crippen LogP contribution in [-0.4, -0.2) is 38.0 Å². The van der Waals surface area contributed by atoms with Gasteiger partial charge in [0.05, 0.1) is 5.75 Å². The molecule has 0 aliphatic rings. The van der Waals surface area contributed by atoms with Crippen molar-refractivity contribution < 1.29 is 4.79 Å². The molecule has 1 amide bonds. The topological polar surface area (TPSA) is 72.7 Å². The summed E-state index contributed by atoms with van der Waals surface area (Å²) in [5.41, 5.74) is 1.96. The van der Waals surface area contributed by atoms with Gasteiger partial charge in [-0.3, -0.25) is 14.3 Å². The standard InChI is InChI=1S/C21H24ClN5OS/c1-21(2,3)10-13-24-18(28)14-29-20-26-25-19(15-8-11-23-12-9-15)27(20)17-6-4-16(22)5-7-17/h4-9,11-12H,10,13-14H2,1-3H3,(H,24,28). The summed E-state index contributed by atoms with van der Waals surface area (Å²) in [5.74, 6) is 0.937. The van der Waals surface area contributed by atoms with Crippen LogP contribution in [-0.2, 0) is 4.79 Å². The highest BCUT2D eigenvalue weighted by Crippen LogP contribution is 2.28.